The fourth-order valence-corrected chi connectivity index (χ4v) is 3.73. The van der Waals surface area contributed by atoms with Gasteiger partial charge in [-0.25, -0.2) is 15.1 Å². The Labute approximate surface area is 179 Å². The number of fused-ring (bicyclic) bond motifs is 1. The summed E-state index contributed by atoms with van der Waals surface area (Å²) in [5, 5.41) is 8.97. The zero-order valence-electron chi connectivity index (χ0n) is 16.9. The van der Waals surface area contributed by atoms with Gasteiger partial charge in [0.05, 0.1) is 34.2 Å². The van der Waals surface area contributed by atoms with E-state index < -0.39 is 0 Å². The number of hydrogen-bond donors (Lipinski definition) is 1. The number of carbonyl (C=O) groups excluding carboxylic acids is 1. The standard InChI is InChI=1S/C22H21ClN6O/c1-4-28-15(3)25-19-12-16(10-11-20(19)28)22(30)26-24-13-18-14(2)27-29(21(18)23)17-8-6-5-7-9-17/h5-13H,4H2,1-3H3,(H,26,30)/b24-13-. The lowest BCUT2D eigenvalue weighted by atomic mass is 10.2. The van der Waals surface area contributed by atoms with E-state index in [-0.39, 0.29) is 5.91 Å². The number of aryl methyl sites for hydroxylation is 3. The van der Waals surface area contributed by atoms with E-state index in [2.05, 4.69) is 32.1 Å². The van der Waals surface area contributed by atoms with Gasteiger partial charge >= 0.3 is 0 Å². The van der Waals surface area contributed by atoms with Crippen molar-refractivity contribution in [2.75, 3.05) is 0 Å². The number of amides is 1. The number of benzene rings is 2. The molecule has 0 spiro atoms. The molecule has 0 aliphatic rings. The second kappa shape index (κ2) is 8.12. The first-order chi connectivity index (χ1) is 14.5. The molecular weight excluding hydrogens is 400 g/mol. The lowest BCUT2D eigenvalue weighted by molar-refractivity contribution is 0.0955. The van der Waals surface area contributed by atoms with Crippen LogP contribution in [-0.2, 0) is 6.54 Å². The van der Waals surface area contributed by atoms with Crippen LogP contribution in [0.5, 0.6) is 0 Å². The van der Waals surface area contributed by atoms with Gasteiger partial charge in [-0.2, -0.15) is 10.2 Å². The number of para-hydroxylation sites is 1. The van der Waals surface area contributed by atoms with Gasteiger partial charge in [0.1, 0.15) is 11.0 Å². The summed E-state index contributed by atoms with van der Waals surface area (Å²) in [6.45, 7) is 6.69. The number of nitrogens with zero attached hydrogens (tertiary/aromatic N) is 5. The van der Waals surface area contributed by atoms with Crippen molar-refractivity contribution in [3.8, 4) is 5.69 Å². The Morgan fingerprint density at radius 1 is 1.20 bits per heavy atom. The highest BCUT2D eigenvalue weighted by Gasteiger charge is 2.14. The van der Waals surface area contributed by atoms with Crippen LogP contribution in [-0.4, -0.2) is 31.5 Å². The quantitative estimate of drug-likeness (QED) is 0.386. The fourth-order valence-electron chi connectivity index (χ4n) is 3.41. The molecule has 2 heterocycles. The first-order valence-electron chi connectivity index (χ1n) is 9.60. The minimum atomic E-state index is -0.318. The third-order valence-corrected chi connectivity index (χ3v) is 5.29. The Balaban J connectivity index is 1.53. The summed E-state index contributed by atoms with van der Waals surface area (Å²) >= 11 is 6.48. The van der Waals surface area contributed by atoms with E-state index in [0.29, 0.717) is 22.0 Å². The van der Waals surface area contributed by atoms with Gasteiger partial charge in [-0.05, 0) is 51.1 Å². The van der Waals surface area contributed by atoms with Gasteiger partial charge in [-0.3, -0.25) is 4.79 Å². The SMILES string of the molecule is CCn1c(C)nc2cc(C(=O)N/N=C\c3c(C)nn(-c4ccccc4)c3Cl)ccc21. The predicted molar refractivity (Wildman–Crippen MR) is 119 cm³/mol. The van der Waals surface area contributed by atoms with Gasteiger partial charge in [0.2, 0.25) is 0 Å². The zero-order valence-corrected chi connectivity index (χ0v) is 17.7. The normalized spacial score (nSPS) is 11.5. The van der Waals surface area contributed by atoms with E-state index in [1.54, 1.807) is 16.8 Å². The largest absolute Gasteiger partial charge is 0.329 e. The number of nitrogens with one attached hydrogen (secondary N) is 1. The van der Waals surface area contributed by atoms with Crippen LogP contribution in [0.4, 0.5) is 0 Å². The molecule has 0 aliphatic heterocycles. The highest BCUT2D eigenvalue weighted by molar-refractivity contribution is 6.32. The molecule has 4 aromatic rings. The van der Waals surface area contributed by atoms with Crippen molar-refractivity contribution in [3.05, 3.63) is 76.3 Å². The van der Waals surface area contributed by atoms with Gasteiger partial charge < -0.3 is 4.57 Å². The van der Waals surface area contributed by atoms with Crippen LogP contribution >= 0.6 is 11.6 Å². The smallest absolute Gasteiger partial charge is 0.271 e. The fraction of sp³-hybridized carbons (Fsp3) is 0.182. The maximum atomic E-state index is 12.5. The molecule has 7 nitrogen and oxygen atoms in total. The van der Waals surface area contributed by atoms with E-state index >= 15 is 0 Å². The molecule has 0 unspecified atom stereocenters. The Bertz CT molecular complexity index is 1260. The Morgan fingerprint density at radius 3 is 2.70 bits per heavy atom. The molecule has 0 fully saturated rings. The molecule has 2 aromatic heterocycles. The van der Waals surface area contributed by atoms with E-state index in [4.69, 9.17) is 11.6 Å². The van der Waals surface area contributed by atoms with Crippen LogP contribution in [0.3, 0.4) is 0 Å². The average Bonchev–Trinajstić information content (AvgIpc) is 3.23. The van der Waals surface area contributed by atoms with Crippen LogP contribution in [0.2, 0.25) is 5.15 Å². The molecule has 0 atom stereocenters. The van der Waals surface area contributed by atoms with Crippen LogP contribution < -0.4 is 5.43 Å². The van der Waals surface area contributed by atoms with Crippen LogP contribution in [0.25, 0.3) is 16.7 Å². The molecule has 0 saturated carbocycles. The second-order valence-electron chi connectivity index (χ2n) is 6.84. The molecule has 0 radical (unpaired) electrons. The zero-order chi connectivity index (χ0) is 21.3. The molecular formula is C22H21ClN6O. The summed E-state index contributed by atoms with van der Waals surface area (Å²) < 4.78 is 3.74. The van der Waals surface area contributed by atoms with Crippen molar-refractivity contribution in [2.24, 2.45) is 5.10 Å². The van der Waals surface area contributed by atoms with E-state index in [9.17, 15) is 4.79 Å². The molecule has 0 bridgehead atoms. The lowest BCUT2D eigenvalue weighted by Crippen LogP contribution is -2.17. The number of hydrogen-bond acceptors (Lipinski definition) is 4. The molecule has 30 heavy (non-hydrogen) atoms. The highest BCUT2D eigenvalue weighted by Crippen LogP contribution is 2.22. The van der Waals surface area contributed by atoms with E-state index in [1.165, 1.54) is 6.21 Å². The van der Waals surface area contributed by atoms with Crippen molar-refractivity contribution in [2.45, 2.75) is 27.3 Å². The lowest BCUT2D eigenvalue weighted by Gasteiger charge is -2.03. The molecule has 1 N–H and O–H groups in total. The number of aromatic nitrogens is 4. The van der Waals surface area contributed by atoms with Gasteiger partial charge in [0.25, 0.3) is 5.91 Å². The number of hydrazone groups is 1. The number of rotatable bonds is 5. The Morgan fingerprint density at radius 2 is 1.97 bits per heavy atom. The molecule has 8 heteroatoms. The van der Waals surface area contributed by atoms with Crippen LogP contribution in [0.15, 0.2) is 53.6 Å². The number of carbonyl (C=O) groups is 1. The molecule has 1 amide bonds. The summed E-state index contributed by atoms with van der Waals surface area (Å²) in [6, 6.07) is 15.0. The van der Waals surface area contributed by atoms with Gasteiger partial charge in [0, 0.05) is 12.1 Å². The van der Waals surface area contributed by atoms with Crippen molar-refractivity contribution in [1.82, 2.24) is 24.8 Å². The molecule has 152 valence electrons. The van der Waals surface area contributed by atoms with Crippen molar-refractivity contribution in [1.29, 1.82) is 0 Å². The maximum Gasteiger partial charge on any atom is 0.271 e. The van der Waals surface area contributed by atoms with E-state index in [1.807, 2.05) is 50.2 Å². The van der Waals surface area contributed by atoms with Crippen LogP contribution in [0, 0.1) is 13.8 Å². The maximum absolute atomic E-state index is 12.5. The average molecular weight is 421 g/mol. The van der Waals surface area contributed by atoms with Crippen molar-refractivity contribution in [3.63, 3.8) is 0 Å². The van der Waals surface area contributed by atoms with Gasteiger partial charge in [-0.1, -0.05) is 29.8 Å². The van der Waals surface area contributed by atoms with Crippen molar-refractivity contribution < 1.29 is 4.79 Å². The minimum absolute atomic E-state index is 0.318. The molecule has 0 saturated heterocycles. The highest BCUT2D eigenvalue weighted by atomic mass is 35.5. The Hall–Kier alpha value is -3.45. The van der Waals surface area contributed by atoms with Crippen LogP contribution in [0.1, 0.15) is 34.4 Å². The number of halogens is 1. The summed E-state index contributed by atoms with van der Waals surface area (Å²) in [5.74, 6) is 0.602. The van der Waals surface area contributed by atoms with E-state index in [0.717, 1.165) is 29.1 Å². The monoisotopic (exact) mass is 420 g/mol. The molecule has 4 rings (SSSR count). The third kappa shape index (κ3) is 3.59. The topological polar surface area (TPSA) is 77.1 Å². The predicted octanol–water partition coefficient (Wildman–Crippen LogP) is 4.28. The second-order valence-corrected chi connectivity index (χ2v) is 7.20. The van der Waals surface area contributed by atoms with Gasteiger partial charge in [0.15, 0.2) is 0 Å². The molecule has 2 aromatic carbocycles. The third-order valence-electron chi connectivity index (χ3n) is 4.93. The summed E-state index contributed by atoms with van der Waals surface area (Å²) in [4.78, 5) is 17.0. The summed E-state index contributed by atoms with van der Waals surface area (Å²) in [6.07, 6.45) is 1.51. The Kier molecular flexibility index (Phi) is 5.37. The number of imidazole rings is 1. The van der Waals surface area contributed by atoms with Crippen molar-refractivity contribution >= 4 is 34.8 Å². The first kappa shape index (κ1) is 19.8. The minimum Gasteiger partial charge on any atom is -0.329 e. The summed E-state index contributed by atoms with van der Waals surface area (Å²) in [7, 11) is 0. The molecule has 0 aliphatic carbocycles. The summed E-state index contributed by atoms with van der Waals surface area (Å²) in [5.41, 5.74) is 7.04. The van der Waals surface area contributed by atoms with Gasteiger partial charge in [-0.15, -0.1) is 0 Å². The first-order valence-corrected chi connectivity index (χ1v) is 9.98.